The minimum atomic E-state index is -0.0248. The van der Waals surface area contributed by atoms with Gasteiger partial charge in [0.1, 0.15) is 23.1 Å². The van der Waals surface area contributed by atoms with Gasteiger partial charge < -0.3 is 15.0 Å². The monoisotopic (exact) mass is 354 g/mol. The molecule has 138 valence electrons. The van der Waals surface area contributed by atoms with E-state index in [0.717, 1.165) is 30.9 Å². The highest BCUT2D eigenvalue weighted by Crippen LogP contribution is 2.27. The highest BCUT2D eigenvalue weighted by molar-refractivity contribution is 5.93. The number of ether oxygens (including phenoxy) is 1. The molecule has 1 N–H and O–H groups in total. The first-order valence-electron chi connectivity index (χ1n) is 9.20. The molecule has 1 fully saturated rings. The summed E-state index contributed by atoms with van der Waals surface area (Å²) in [5.41, 5.74) is 1.25. The molecule has 0 spiro atoms. The van der Waals surface area contributed by atoms with Crippen LogP contribution >= 0.6 is 0 Å². The number of aryl methyl sites for hydroxylation is 1. The number of hydrogen-bond donors (Lipinski definition) is 1. The largest absolute Gasteiger partial charge is 0.492 e. The Morgan fingerprint density at radius 3 is 2.92 bits per heavy atom. The first kappa shape index (κ1) is 18.2. The van der Waals surface area contributed by atoms with Gasteiger partial charge in [-0.15, -0.1) is 0 Å². The Morgan fingerprint density at radius 1 is 1.35 bits per heavy atom. The van der Waals surface area contributed by atoms with Crippen LogP contribution in [0.1, 0.15) is 43.0 Å². The number of hydrogen-bond acceptors (Lipinski definition) is 5. The second kappa shape index (κ2) is 8.17. The number of anilines is 2. The summed E-state index contributed by atoms with van der Waals surface area (Å²) in [6, 6.07) is 9.41. The van der Waals surface area contributed by atoms with Crippen molar-refractivity contribution < 1.29 is 9.53 Å². The molecule has 1 aliphatic rings. The van der Waals surface area contributed by atoms with E-state index in [0.29, 0.717) is 29.9 Å². The summed E-state index contributed by atoms with van der Waals surface area (Å²) in [5, 5.41) is 3.26. The van der Waals surface area contributed by atoms with Gasteiger partial charge in [0.15, 0.2) is 0 Å². The van der Waals surface area contributed by atoms with E-state index in [1.807, 2.05) is 36.1 Å². The summed E-state index contributed by atoms with van der Waals surface area (Å²) < 4.78 is 5.64. The van der Waals surface area contributed by atoms with Crippen LogP contribution < -0.4 is 10.1 Å². The van der Waals surface area contributed by atoms with E-state index in [4.69, 9.17) is 4.74 Å². The van der Waals surface area contributed by atoms with Gasteiger partial charge in [-0.05, 0) is 44.7 Å². The minimum Gasteiger partial charge on any atom is -0.492 e. The predicted molar refractivity (Wildman–Crippen MR) is 102 cm³/mol. The Kier molecular flexibility index (Phi) is 5.71. The molecule has 26 heavy (non-hydrogen) atoms. The van der Waals surface area contributed by atoms with Crippen molar-refractivity contribution in [3.63, 3.8) is 0 Å². The molecule has 6 heteroatoms. The molecule has 1 aliphatic heterocycles. The van der Waals surface area contributed by atoms with Crippen LogP contribution in [0.15, 0.2) is 30.3 Å². The van der Waals surface area contributed by atoms with Gasteiger partial charge in [-0.1, -0.05) is 19.1 Å². The third kappa shape index (κ3) is 4.31. The molecule has 0 saturated carbocycles. The lowest BCUT2D eigenvalue weighted by Crippen LogP contribution is -2.39. The van der Waals surface area contributed by atoms with Crippen LogP contribution in [0, 0.1) is 12.8 Å². The molecule has 1 aromatic carbocycles. The van der Waals surface area contributed by atoms with Crippen LogP contribution in [0.25, 0.3) is 0 Å². The smallest absolute Gasteiger partial charge is 0.272 e. The molecule has 1 saturated heterocycles. The Balaban J connectivity index is 1.83. The van der Waals surface area contributed by atoms with E-state index in [1.165, 1.54) is 6.42 Å². The number of nitrogens with one attached hydrogen (secondary N) is 1. The van der Waals surface area contributed by atoms with Gasteiger partial charge in [-0.3, -0.25) is 4.79 Å². The normalized spacial score (nSPS) is 17.0. The zero-order valence-corrected chi connectivity index (χ0v) is 15.7. The van der Waals surface area contributed by atoms with E-state index >= 15 is 0 Å². The van der Waals surface area contributed by atoms with Crippen LogP contribution in [-0.4, -0.2) is 40.5 Å². The van der Waals surface area contributed by atoms with Crippen molar-refractivity contribution >= 4 is 17.4 Å². The van der Waals surface area contributed by atoms with Crippen molar-refractivity contribution in [3.05, 3.63) is 41.9 Å². The zero-order chi connectivity index (χ0) is 18.5. The number of piperidine rings is 1. The lowest BCUT2D eigenvalue weighted by atomic mass is 10.00. The predicted octanol–water partition coefficient (Wildman–Crippen LogP) is 3.80. The molecule has 1 amide bonds. The summed E-state index contributed by atoms with van der Waals surface area (Å²) in [7, 11) is 0. The number of para-hydroxylation sites is 2. The van der Waals surface area contributed by atoms with Gasteiger partial charge in [0.05, 0.1) is 12.3 Å². The molecule has 0 aliphatic carbocycles. The number of nitrogens with zero attached hydrogens (tertiary/aromatic N) is 3. The second-order valence-electron chi connectivity index (χ2n) is 6.74. The summed E-state index contributed by atoms with van der Waals surface area (Å²) in [6.45, 7) is 8.10. The van der Waals surface area contributed by atoms with Gasteiger partial charge in [-0.25, -0.2) is 9.97 Å². The number of likely N-dealkylation sites (tertiary alicyclic amines) is 1. The van der Waals surface area contributed by atoms with E-state index < -0.39 is 0 Å². The number of rotatable bonds is 5. The number of carbonyl (C=O) groups excluding carboxylic acids is 1. The molecule has 3 rings (SSSR count). The van der Waals surface area contributed by atoms with Crippen LogP contribution in [0.3, 0.4) is 0 Å². The van der Waals surface area contributed by atoms with Gasteiger partial charge in [-0.2, -0.15) is 0 Å². The quantitative estimate of drug-likeness (QED) is 0.884. The maximum Gasteiger partial charge on any atom is 0.272 e. The first-order chi connectivity index (χ1) is 12.6. The minimum absolute atomic E-state index is 0.0248. The van der Waals surface area contributed by atoms with Crippen molar-refractivity contribution in [2.75, 3.05) is 25.0 Å². The fourth-order valence-electron chi connectivity index (χ4n) is 3.27. The molecule has 0 bridgehead atoms. The average molecular weight is 354 g/mol. The highest BCUT2D eigenvalue weighted by atomic mass is 16.5. The number of aromatic nitrogens is 2. The van der Waals surface area contributed by atoms with Crippen molar-refractivity contribution in [1.29, 1.82) is 0 Å². The Bertz CT molecular complexity index is 778. The lowest BCUT2D eigenvalue weighted by molar-refractivity contribution is 0.0676. The molecule has 0 radical (unpaired) electrons. The zero-order valence-electron chi connectivity index (χ0n) is 15.7. The lowest BCUT2D eigenvalue weighted by Gasteiger charge is -2.30. The van der Waals surface area contributed by atoms with Crippen molar-refractivity contribution in [2.24, 2.45) is 5.92 Å². The van der Waals surface area contributed by atoms with Crippen LogP contribution in [-0.2, 0) is 0 Å². The third-order valence-electron chi connectivity index (χ3n) is 4.45. The third-order valence-corrected chi connectivity index (χ3v) is 4.45. The molecule has 1 unspecified atom stereocenters. The van der Waals surface area contributed by atoms with Crippen LogP contribution in [0.2, 0.25) is 0 Å². The average Bonchev–Trinajstić information content (AvgIpc) is 2.62. The van der Waals surface area contributed by atoms with Gasteiger partial charge in [0, 0.05) is 19.2 Å². The van der Waals surface area contributed by atoms with Crippen molar-refractivity contribution in [3.8, 4) is 5.75 Å². The molecule has 1 aromatic heterocycles. The Morgan fingerprint density at radius 2 is 2.15 bits per heavy atom. The summed E-state index contributed by atoms with van der Waals surface area (Å²) in [6.07, 6.45) is 2.22. The molecular formula is C20H26N4O2. The van der Waals surface area contributed by atoms with E-state index in [1.54, 1.807) is 13.0 Å². The molecule has 2 aromatic rings. The van der Waals surface area contributed by atoms with Crippen molar-refractivity contribution in [1.82, 2.24) is 14.9 Å². The van der Waals surface area contributed by atoms with E-state index in [2.05, 4.69) is 22.2 Å². The van der Waals surface area contributed by atoms with Crippen LogP contribution in [0.4, 0.5) is 11.5 Å². The Labute approximate surface area is 154 Å². The topological polar surface area (TPSA) is 67.3 Å². The fraction of sp³-hybridized carbons (Fsp3) is 0.450. The molecule has 1 atom stereocenters. The maximum atomic E-state index is 12.9. The number of carbonyl (C=O) groups is 1. The summed E-state index contributed by atoms with van der Waals surface area (Å²) in [4.78, 5) is 23.5. The highest BCUT2D eigenvalue weighted by Gasteiger charge is 2.23. The fourth-order valence-corrected chi connectivity index (χ4v) is 3.27. The van der Waals surface area contributed by atoms with Crippen LogP contribution in [0.5, 0.6) is 5.75 Å². The van der Waals surface area contributed by atoms with Gasteiger partial charge >= 0.3 is 0 Å². The SMILES string of the molecule is CCOc1ccccc1Nc1cc(C(=O)N2CCCC(C)C2)nc(C)n1. The molecule has 6 nitrogen and oxygen atoms in total. The van der Waals surface area contributed by atoms with Crippen molar-refractivity contribution in [2.45, 2.75) is 33.6 Å². The first-order valence-corrected chi connectivity index (χ1v) is 9.20. The van der Waals surface area contributed by atoms with Gasteiger partial charge in [0.25, 0.3) is 5.91 Å². The second-order valence-corrected chi connectivity index (χ2v) is 6.74. The Hall–Kier alpha value is -2.63. The molecule has 2 heterocycles. The van der Waals surface area contributed by atoms with E-state index in [9.17, 15) is 4.79 Å². The van der Waals surface area contributed by atoms with E-state index in [-0.39, 0.29) is 5.91 Å². The standard InChI is InChI=1S/C20H26N4O2/c1-4-26-18-10-6-5-9-16(18)23-19-12-17(21-15(3)22-19)20(25)24-11-7-8-14(2)13-24/h5-6,9-10,12,14H,4,7-8,11,13H2,1-3H3,(H,21,22,23). The summed E-state index contributed by atoms with van der Waals surface area (Å²) in [5.74, 6) is 2.42. The number of amides is 1. The summed E-state index contributed by atoms with van der Waals surface area (Å²) >= 11 is 0. The van der Waals surface area contributed by atoms with Gasteiger partial charge in [0.2, 0.25) is 0 Å². The number of benzene rings is 1. The molecular weight excluding hydrogens is 328 g/mol. The maximum absolute atomic E-state index is 12.9.